The van der Waals surface area contributed by atoms with E-state index in [-0.39, 0.29) is 0 Å². The predicted octanol–water partition coefficient (Wildman–Crippen LogP) is 3.11. The SMILES string of the molecule is OC1(c2ccc(-c3cnccn3)cn2)CCC(Nc2cc[nH]c2)CC1. The number of pyridine rings is 1. The Kier molecular flexibility index (Phi) is 4.19. The molecule has 0 radical (unpaired) electrons. The minimum absolute atomic E-state index is 0.384. The zero-order valence-corrected chi connectivity index (χ0v) is 13.9. The molecule has 3 aromatic heterocycles. The number of anilines is 1. The molecular formula is C19H21N5O. The van der Waals surface area contributed by atoms with Crippen LogP contribution in [0.25, 0.3) is 11.3 Å². The van der Waals surface area contributed by atoms with Gasteiger partial charge in [0.25, 0.3) is 0 Å². The third kappa shape index (κ3) is 3.39. The van der Waals surface area contributed by atoms with Crippen LogP contribution in [0.5, 0.6) is 0 Å². The van der Waals surface area contributed by atoms with Crippen LogP contribution >= 0.6 is 0 Å². The molecule has 0 atom stereocenters. The van der Waals surface area contributed by atoms with Crippen molar-refractivity contribution >= 4 is 5.69 Å². The molecule has 1 saturated carbocycles. The third-order valence-electron chi connectivity index (χ3n) is 4.88. The van der Waals surface area contributed by atoms with Crippen molar-refractivity contribution in [1.82, 2.24) is 19.9 Å². The van der Waals surface area contributed by atoms with Crippen molar-refractivity contribution in [1.29, 1.82) is 0 Å². The summed E-state index contributed by atoms with van der Waals surface area (Å²) in [5.74, 6) is 0. The molecule has 1 aliphatic rings. The van der Waals surface area contributed by atoms with Crippen LogP contribution in [0.3, 0.4) is 0 Å². The van der Waals surface area contributed by atoms with Crippen LogP contribution in [-0.4, -0.2) is 31.1 Å². The van der Waals surface area contributed by atoms with E-state index in [2.05, 4.69) is 25.3 Å². The van der Waals surface area contributed by atoms with Gasteiger partial charge in [0, 0.05) is 42.6 Å². The van der Waals surface area contributed by atoms with Gasteiger partial charge in [0.05, 0.1) is 23.3 Å². The normalized spacial score (nSPS) is 23.3. The lowest BCUT2D eigenvalue weighted by molar-refractivity contribution is -0.00723. The number of aromatic amines is 1. The van der Waals surface area contributed by atoms with E-state index in [0.717, 1.165) is 35.5 Å². The zero-order chi connectivity index (χ0) is 17.1. The molecule has 0 amide bonds. The highest BCUT2D eigenvalue weighted by molar-refractivity contribution is 5.56. The van der Waals surface area contributed by atoms with Gasteiger partial charge in [0.1, 0.15) is 5.60 Å². The minimum atomic E-state index is -0.850. The maximum Gasteiger partial charge on any atom is 0.107 e. The molecular weight excluding hydrogens is 314 g/mol. The van der Waals surface area contributed by atoms with Gasteiger partial charge in [-0.25, -0.2) is 0 Å². The van der Waals surface area contributed by atoms with E-state index in [1.165, 1.54) is 0 Å². The van der Waals surface area contributed by atoms with Crippen molar-refractivity contribution in [2.45, 2.75) is 37.3 Å². The number of aromatic nitrogens is 4. The Morgan fingerprint density at radius 2 is 1.96 bits per heavy atom. The summed E-state index contributed by atoms with van der Waals surface area (Å²) in [6.45, 7) is 0. The van der Waals surface area contributed by atoms with Crippen LogP contribution in [0.1, 0.15) is 31.4 Å². The highest BCUT2D eigenvalue weighted by Crippen LogP contribution is 2.37. The molecule has 0 spiro atoms. The third-order valence-corrected chi connectivity index (χ3v) is 4.88. The zero-order valence-electron chi connectivity index (χ0n) is 13.9. The lowest BCUT2D eigenvalue weighted by atomic mass is 9.79. The van der Waals surface area contributed by atoms with Crippen LogP contribution in [0.4, 0.5) is 5.69 Å². The van der Waals surface area contributed by atoms with Gasteiger partial charge in [-0.3, -0.25) is 15.0 Å². The van der Waals surface area contributed by atoms with Crippen LogP contribution < -0.4 is 5.32 Å². The van der Waals surface area contributed by atoms with Gasteiger partial charge in [0.15, 0.2) is 0 Å². The molecule has 3 heterocycles. The monoisotopic (exact) mass is 335 g/mol. The fraction of sp³-hybridized carbons (Fsp3) is 0.316. The first kappa shape index (κ1) is 15.8. The van der Waals surface area contributed by atoms with Crippen molar-refractivity contribution in [2.24, 2.45) is 0 Å². The Morgan fingerprint density at radius 1 is 1.08 bits per heavy atom. The van der Waals surface area contributed by atoms with E-state index in [9.17, 15) is 5.11 Å². The molecule has 6 heteroatoms. The Hall–Kier alpha value is -2.73. The molecule has 0 aliphatic heterocycles. The first-order valence-electron chi connectivity index (χ1n) is 8.58. The van der Waals surface area contributed by atoms with Crippen molar-refractivity contribution in [3.05, 3.63) is 61.1 Å². The molecule has 0 bridgehead atoms. The van der Waals surface area contributed by atoms with Crippen LogP contribution in [-0.2, 0) is 5.60 Å². The number of nitrogens with one attached hydrogen (secondary N) is 2. The Morgan fingerprint density at radius 3 is 2.60 bits per heavy atom. The molecule has 0 saturated heterocycles. The highest BCUT2D eigenvalue weighted by Gasteiger charge is 2.36. The van der Waals surface area contributed by atoms with Gasteiger partial charge in [-0.15, -0.1) is 0 Å². The lowest BCUT2D eigenvalue weighted by Gasteiger charge is -2.36. The van der Waals surface area contributed by atoms with Gasteiger partial charge >= 0.3 is 0 Å². The maximum absolute atomic E-state index is 11.0. The second-order valence-corrected chi connectivity index (χ2v) is 6.57. The van der Waals surface area contributed by atoms with Crippen molar-refractivity contribution in [3.63, 3.8) is 0 Å². The van der Waals surface area contributed by atoms with Gasteiger partial charge in [-0.05, 0) is 43.9 Å². The van der Waals surface area contributed by atoms with E-state index in [0.29, 0.717) is 18.9 Å². The molecule has 128 valence electrons. The number of rotatable bonds is 4. The first-order chi connectivity index (χ1) is 12.2. The van der Waals surface area contributed by atoms with Crippen LogP contribution in [0.15, 0.2) is 55.4 Å². The van der Waals surface area contributed by atoms with E-state index in [4.69, 9.17) is 0 Å². The molecule has 3 N–H and O–H groups in total. The summed E-state index contributed by atoms with van der Waals surface area (Å²) in [6.07, 6.45) is 13.9. The van der Waals surface area contributed by atoms with Crippen molar-refractivity contribution in [3.8, 4) is 11.3 Å². The van der Waals surface area contributed by atoms with Gasteiger partial charge in [0.2, 0.25) is 0 Å². The maximum atomic E-state index is 11.0. The van der Waals surface area contributed by atoms with E-state index >= 15 is 0 Å². The van der Waals surface area contributed by atoms with Crippen LogP contribution in [0, 0.1) is 0 Å². The highest BCUT2D eigenvalue weighted by atomic mass is 16.3. The van der Waals surface area contributed by atoms with Gasteiger partial charge < -0.3 is 15.4 Å². The second kappa shape index (κ2) is 6.64. The van der Waals surface area contributed by atoms with E-state index in [1.807, 2.05) is 30.6 Å². The van der Waals surface area contributed by atoms with Crippen molar-refractivity contribution < 1.29 is 5.11 Å². The molecule has 3 aromatic rings. The van der Waals surface area contributed by atoms with E-state index < -0.39 is 5.60 Å². The Balaban J connectivity index is 1.43. The second-order valence-electron chi connectivity index (χ2n) is 6.57. The smallest absolute Gasteiger partial charge is 0.107 e. The molecule has 6 nitrogen and oxygen atoms in total. The average Bonchev–Trinajstić information content (AvgIpc) is 3.18. The topological polar surface area (TPSA) is 86.7 Å². The molecule has 1 aliphatic carbocycles. The first-order valence-corrected chi connectivity index (χ1v) is 8.58. The van der Waals surface area contributed by atoms with Crippen molar-refractivity contribution in [2.75, 3.05) is 5.32 Å². The standard InChI is InChI=1S/C19H21N5O/c25-19(6-3-15(4-7-19)24-16-5-8-20-12-16)18-2-1-14(11-23-18)17-13-21-9-10-22-17/h1-2,5,8-13,15,20,24-25H,3-4,6-7H2. The summed E-state index contributed by atoms with van der Waals surface area (Å²) in [5.41, 5.74) is 2.68. The quantitative estimate of drug-likeness (QED) is 0.682. The predicted molar refractivity (Wildman–Crippen MR) is 95.8 cm³/mol. The van der Waals surface area contributed by atoms with E-state index in [1.54, 1.807) is 24.8 Å². The minimum Gasteiger partial charge on any atom is -0.384 e. The number of nitrogens with zero attached hydrogens (tertiary/aromatic N) is 3. The molecule has 1 fully saturated rings. The number of hydrogen-bond acceptors (Lipinski definition) is 5. The number of aliphatic hydroxyl groups is 1. The average molecular weight is 335 g/mol. The van der Waals surface area contributed by atoms with Gasteiger partial charge in [-0.2, -0.15) is 0 Å². The Labute approximate surface area is 146 Å². The fourth-order valence-corrected chi connectivity index (χ4v) is 3.41. The summed E-state index contributed by atoms with van der Waals surface area (Å²) in [6, 6.07) is 6.27. The Bertz CT molecular complexity index is 794. The van der Waals surface area contributed by atoms with Gasteiger partial charge in [-0.1, -0.05) is 0 Å². The fourth-order valence-electron chi connectivity index (χ4n) is 3.41. The largest absolute Gasteiger partial charge is 0.384 e. The number of hydrogen-bond donors (Lipinski definition) is 3. The molecule has 4 rings (SSSR count). The summed E-state index contributed by atoms with van der Waals surface area (Å²) >= 11 is 0. The molecule has 0 unspecified atom stereocenters. The molecule has 25 heavy (non-hydrogen) atoms. The summed E-state index contributed by atoms with van der Waals surface area (Å²) < 4.78 is 0. The summed E-state index contributed by atoms with van der Waals surface area (Å²) in [4.78, 5) is 15.9. The summed E-state index contributed by atoms with van der Waals surface area (Å²) in [5, 5.41) is 14.5. The number of H-pyrrole nitrogens is 1. The lowest BCUT2D eigenvalue weighted by Crippen LogP contribution is -2.36. The summed E-state index contributed by atoms with van der Waals surface area (Å²) in [7, 11) is 0. The van der Waals surface area contributed by atoms with Crippen LogP contribution in [0.2, 0.25) is 0 Å². The molecule has 0 aromatic carbocycles.